The maximum atomic E-state index is 6.12. The lowest BCUT2D eigenvalue weighted by Gasteiger charge is -2.44. The first-order chi connectivity index (χ1) is 9.88. The van der Waals surface area contributed by atoms with Crippen molar-refractivity contribution in [2.45, 2.75) is 18.9 Å². The van der Waals surface area contributed by atoms with Gasteiger partial charge < -0.3 is 4.90 Å². The van der Waals surface area contributed by atoms with Crippen molar-refractivity contribution in [2.75, 3.05) is 19.6 Å². The average molecular weight is 289 g/mol. The molecule has 1 aromatic rings. The predicted molar refractivity (Wildman–Crippen MR) is 81.0 cm³/mol. The molecule has 0 aliphatic carbocycles. The number of fused-ring (bicyclic) bond motifs is 3. The van der Waals surface area contributed by atoms with Crippen LogP contribution in [0.2, 0.25) is 0 Å². The maximum absolute atomic E-state index is 6.12. The van der Waals surface area contributed by atoms with E-state index in [0.29, 0.717) is 6.10 Å². The molecular formula is C15H19N3OS. The SMILES string of the molecule is C1=C(c2ccccc2)SNN1OC1CN2CCC1CC2. The minimum absolute atomic E-state index is 0.331. The van der Waals surface area contributed by atoms with Gasteiger partial charge >= 0.3 is 0 Å². The summed E-state index contributed by atoms with van der Waals surface area (Å²) in [5.41, 5.74) is 1.23. The Labute approximate surface area is 123 Å². The van der Waals surface area contributed by atoms with E-state index in [1.54, 1.807) is 17.1 Å². The molecule has 1 atom stereocenters. The fraction of sp³-hybridized carbons (Fsp3) is 0.467. The van der Waals surface area contributed by atoms with E-state index < -0.39 is 0 Å². The maximum Gasteiger partial charge on any atom is 0.103 e. The summed E-state index contributed by atoms with van der Waals surface area (Å²) in [6, 6.07) is 10.4. The van der Waals surface area contributed by atoms with Gasteiger partial charge in [-0.15, -0.1) is 4.83 Å². The second-order valence-electron chi connectivity index (χ2n) is 5.66. The van der Waals surface area contributed by atoms with E-state index in [1.807, 2.05) is 6.07 Å². The summed E-state index contributed by atoms with van der Waals surface area (Å²) < 4.78 is 0. The lowest BCUT2D eigenvalue weighted by molar-refractivity contribution is -0.217. The van der Waals surface area contributed by atoms with E-state index in [9.17, 15) is 0 Å². The molecule has 1 N–H and O–H groups in total. The molecule has 4 heterocycles. The number of rotatable bonds is 3. The Bertz CT molecular complexity index is 499. The fourth-order valence-electron chi connectivity index (χ4n) is 3.22. The third kappa shape index (κ3) is 2.46. The minimum Gasteiger partial charge on any atom is -0.301 e. The average Bonchev–Trinajstić information content (AvgIpc) is 2.98. The zero-order valence-electron chi connectivity index (χ0n) is 11.4. The number of hydrazine groups is 1. The molecule has 4 nitrogen and oxygen atoms in total. The van der Waals surface area contributed by atoms with Gasteiger partial charge in [0.25, 0.3) is 0 Å². The largest absolute Gasteiger partial charge is 0.301 e. The zero-order chi connectivity index (χ0) is 13.4. The third-order valence-electron chi connectivity index (χ3n) is 4.38. The Balaban J connectivity index is 1.42. The highest BCUT2D eigenvalue weighted by Crippen LogP contribution is 2.34. The number of nitrogens with zero attached hydrogens (tertiary/aromatic N) is 2. The Hall–Kier alpha value is -1.01. The molecule has 0 radical (unpaired) electrons. The topological polar surface area (TPSA) is 27.7 Å². The summed E-state index contributed by atoms with van der Waals surface area (Å²) in [4.78, 5) is 13.1. The van der Waals surface area contributed by atoms with Crippen molar-refractivity contribution in [1.29, 1.82) is 0 Å². The highest BCUT2D eigenvalue weighted by molar-refractivity contribution is 8.06. The van der Waals surface area contributed by atoms with Gasteiger partial charge in [-0.1, -0.05) is 30.3 Å². The molecule has 4 aliphatic rings. The first-order valence-corrected chi connectivity index (χ1v) is 8.08. The molecule has 5 rings (SSSR count). The monoisotopic (exact) mass is 289 g/mol. The molecule has 4 aliphatic heterocycles. The molecule has 20 heavy (non-hydrogen) atoms. The van der Waals surface area contributed by atoms with E-state index >= 15 is 0 Å². The number of hydrogen-bond acceptors (Lipinski definition) is 5. The molecule has 5 heteroatoms. The van der Waals surface area contributed by atoms with Crippen LogP contribution in [0.25, 0.3) is 4.91 Å². The molecular weight excluding hydrogens is 270 g/mol. The van der Waals surface area contributed by atoms with Gasteiger partial charge in [-0.05, 0) is 49.4 Å². The van der Waals surface area contributed by atoms with Gasteiger partial charge in [0.05, 0.1) is 11.1 Å². The second-order valence-corrected chi connectivity index (χ2v) is 6.49. The van der Waals surface area contributed by atoms with Crippen LogP contribution < -0.4 is 4.83 Å². The standard InChI is InChI=1S/C15H19N3OS/c1-2-4-13(5-3-1)15-11-18(16-20-15)19-14-10-17-8-6-12(14)7-9-17/h1-5,11-12,14,16H,6-10H2. The Morgan fingerprint density at radius 3 is 2.65 bits per heavy atom. The lowest BCUT2D eigenvalue weighted by Crippen LogP contribution is -2.53. The van der Waals surface area contributed by atoms with Gasteiger partial charge in [-0.25, -0.2) is 0 Å². The van der Waals surface area contributed by atoms with Crippen LogP contribution >= 0.6 is 11.9 Å². The zero-order valence-corrected chi connectivity index (χ0v) is 12.2. The van der Waals surface area contributed by atoms with Crippen molar-refractivity contribution in [3.05, 3.63) is 42.1 Å². The molecule has 1 aromatic carbocycles. The Morgan fingerprint density at radius 1 is 1.15 bits per heavy atom. The van der Waals surface area contributed by atoms with Gasteiger partial charge in [-0.2, -0.15) is 5.17 Å². The summed E-state index contributed by atoms with van der Waals surface area (Å²) in [5, 5.41) is 1.79. The van der Waals surface area contributed by atoms with Crippen molar-refractivity contribution in [1.82, 2.24) is 14.9 Å². The van der Waals surface area contributed by atoms with Gasteiger partial charge in [0.2, 0.25) is 0 Å². The van der Waals surface area contributed by atoms with Gasteiger partial charge in [0.15, 0.2) is 0 Å². The van der Waals surface area contributed by atoms with E-state index in [-0.39, 0.29) is 0 Å². The Morgan fingerprint density at radius 2 is 1.95 bits per heavy atom. The third-order valence-corrected chi connectivity index (χ3v) is 5.22. The van der Waals surface area contributed by atoms with Crippen LogP contribution in [0.3, 0.4) is 0 Å². The highest BCUT2D eigenvalue weighted by Gasteiger charge is 2.36. The fourth-order valence-corrected chi connectivity index (χ4v) is 3.90. The van der Waals surface area contributed by atoms with Crippen molar-refractivity contribution in [3.8, 4) is 0 Å². The van der Waals surface area contributed by atoms with Crippen molar-refractivity contribution >= 4 is 16.9 Å². The van der Waals surface area contributed by atoms with E-state index in [0.717, 1.165) is 12.5 Å². The molecule has 2 bridgehead atoms. The summed E-state index contributed by atoms with van der Waals surface area (Å²) in [7, 11) is 0. The Kier molecular flexibility index (Phi) is 3.44. The number of piperidine rings is 3. The number of hydrogen-bond donors (Lipinski definition) is 1. The summed E-state index contributed by atoms with van der Waals surface area (Å²) in [5.74, 6) is 0.723. The molecule has 0 saturated carbocycles. The van der Waals surface area contributed by atoms with Crippen LogP contribution in [0.1, 0.15) is 18.4 Å². The summed E-state index contributed by atoms with van der Waals surface area (Å²) in [6.07, 6.45) is 4.94. The highest BCUT2D eigenvalue weighted by atomic mass is 32.2. The van der Waals surface area contributed by atoms with Crippen molar-refractivity contribution < 1.29 is 4.84 Å². The molecule has 0 spiro atoms. The van der Waals surface area contributed by atoms with Gasteiger partial charge in [0.1, 0.15) is 6.10 Å². The quantitative estimate of drug-likeness (QED) is 0.863. The first kappa shape index (κ1) is 12.7. The smallest absolute Gasteiger partial charge is 0.103 e. The number of nitrogens with one attached hydrogen (secondary N) is 1. The first-order valence-electron chi connectivity index (χ1n) is 7.26. The summed E-state index contributed by atoms with van der Waals surface area (Å²) >= 11 is 1.61. The molecule has 1 unspecified atom stereocenters. The number of benzene rings is 1. The van der Waals surface area contributed by atoms with Crippen LogP contribution in [0.4, 0.5) is 0 Å². The van der Waals surface area contributed by atoms with Gasteiger partial charge in [-0.3, -0.25) is 4.84 Å². The summed E-state index contributed by atoms with van der Waals surface area (Å²) in [6.45, 7) is 3.57. The van der Waals surface area contributed by atoms with Crippen LogP contribution in [0.15, 0.2) is 36.5 Å². The minimum atomic E-state index is 0.331. The van der Waals surface area contributed by atoms with E-state index in [4.69, 9.17) is 4.84 Å². The number of hydroxylamine groups is 1. The molecule has 3 saturated heterocycles. The lowest BCUT2D eigenvalue weighted by atomic mass is 9.86. The van der Waals surface area contributed by atoms with Crippen molar-refractivity contribution in [2.24, 2.45) is 5.92 Å². The normalized spacial score (nSPS) is 32.5. The predicted octanol–water partition coefficient (Wildman–Crippen LogP) is 2.48. The molecule has 0 aromatic heterocycles. The van der Waals surface area contributed by atoms with Gasteiger partial charge in [0, 0.05) is 6.54 Å². The molecule has 3 fully saturated rings. The second kappa shape index (κ2) is 5.41. The van der Waals surface area contributed by atoms with Crippen LogP contribution in [-0.2, 0) is 4.84 Å². The van der Waals surface area contributed by atoms with E-state index in [2.05, 4.69) is 40.2 Å². The molecule has 0 amide bonds. The van der Waals surface area contributed by atoms with Crippen LogP contribution in [0, 0.1) is 5.92 Å². The van der Waals surface area contributed by atoms with Crippen LogP contribution in [-0.4, -0.2) is 35.8 Å². The van der Waals surface area contributed by atoms with E-state index in [1.165, 1.54) is 36.4 Å². The van der Waals surface area contributed by atoms with Crippen molar-refractivity contribution in [3.63, 3.8) is 0 Å². The van der Waals surface area contributed by atoms with Crippen LogP contribution in [0.5, 0.6) is 0 Å². The molecule has 106 valence electrons.